The molecule has 0 radical (unpaired) electrons. The number of rotatable bonds is 6. The summed E-state index contributed by atoms with van der Waals surface area (Å²) in [6.45, 7) is 9.11. The van der Waals surface area contributed by atoms with E-state index in [9.17, 15) is 4.79 Å². The second-order valence-electron chi connectivity index (χ2n) is 6.29. The van der Waals surface area contributed by atoms with E-state index in [4.69, 9.17) is 9.41 Å². The summed E-state index contributed by atoms with van der Waals surface area (Å²) in [6.07, 6.45) is 4.13. The molecule has 0 aromatic carbocycles. The molecule has 1 amide bonds. The number of hydrogen-bond acceptors (Lipinski definition) is 5. The first kappa shape index (κ1) is 18.9. The number of carbonyl (C=O) groups is 1. The van der Waals surface area contributed by atoms with Crippen molar-refractivity contribution in [3.63, 3.8) is 0 Å². The fourth-order valence-electron chi connectivity index (χ4n) is 3.11. The standard InChI is InChI=1S/C18H27N7O2/c1-3-16-22-21-14-25(16)8-7-20-18(19-4-2)24-11-9-23(10-12-24)17(26)15-6-5-13-27-15/h5-6,13-14H,3-4,7-12H2,1-2H3,(H,19,20). The second-order valence-corrected chi connectivity index (χ2v) is 6.29. The van der Waals surface area contributed by atoms with Gasteiger partial charge in [-0.05, 0) is 19.1 Å². The van der Waals surface area contributed by atoms with Gasteiger partial charge in [0.25, 0.3) is 5.91 Å². The molecule has 0 atom stereocenters. The van der Waals surface area contributed by atoms with Crippen molar-refractivity contribution >= 4 is 11.9 Å². The molecule has 3 rings (SSSR count). The van der Waals surface area contributed by atoms with Gasteiger partial charge in [0.2, 0.25) is 0 Å². The molecule has 1 saturated heterocycles. The summed E-state index contributed by atoms with van der Waals surface area (Å²) in [5, 5.41) is 11.4. The quantitative estimate of drug-likeness (QED) is 0.596. The van der Waals surface area contributed by atoms with Gasteiger partial charge in [-0.1, -0.05) is 6.92 Å². The Morgan fingerprint density at radius 2 is 2.04 bits per heavy atom. The molecule has 0 bridgehead atoms. The fraction of sp³-hybridized carbons (Fsp3) is 0.556. The van der Waals surface area contributed by atoms with Crippen LogP contribution in [0.1, 0.15) is 30.2 Å². The zero-order valence-corrected chi connectivity index (χ0v) is 16.0. The first-order chi connectivity index (χ1) is 13.2. The number of carbonyl (C=O) groups excluding carboxylic acids is 1. The van der Waals surface area contributed by atoms with Crippen molar-refractivity contribution < 1.29 is 9.21 Å². The molecule has 9 heteroatoms. The zero-order chi connectivity index (χ0) is 19.1. The Kier molecular flexibility index (Phi) is 6.45. The fourth-order valence-corrected chi connectivity index (χ4v) is 3.11. The molecule has 3 heterocycles. The highest BCUT2D eigenvalue weighted by Gasteiger charge is 2.25. The summed E-state index contributed by atoms with van der Waals surface area (Å²) in [4.78, 5) is 21.1. The van der Waals surface area contributed by atoms with Gasteiger partial charge in [0, 0.05) is 45.7 Å². The Bertz CT molecular complexity index is 746. The first-order valence-corrected chi connectivity index (χ1v) is 9.45. The number of piperazine rings is 1. The molecule has 0 spiro atoms. The molecule has 2 aromatic heterocycles. The van der Waals surface area contributed by atoms with Crippen molar-refractivity contribution in [1.82, 2.24) is 29.9 Å². The highest BCUT2D eigenvalue weighted by Crippen LogP contribution is 2.09. The third kappa shape index (κ3) is 4.66. The maximum atomic E-state index is 12.4. The van der Waals surface area contributed by atoms with E-state index in [1.807, 2.05) is 9.47 Å². The van der Waals surface area contributed by atoms with Gasteiger partial charge in [0.05, 0.1) is 12.8 Å². The third-order valence-corrected chi connectivity index (χ3v) is 4.55. The minimum atomic E-state index is -0.0544. The third-order valence-electron chi connectivity index (χ3n) is 4.55. The van der Waals surface area contributed by atoms with Crippen LogP contribution in [-0.2, 0) is 13.0 Å². The Labute approximate surface area is 159 Å². The lowest BCUT2D eigenvalue weighted by Gasteiger charge is -2.36. The van der Waals surface area contributed by atoms with Crippen LogP contribution in [0.2, 0.25) is 0 Å². The molecule has 0 saturated carbocycles. The van der Waals surface area contributed by atoms with Crippen LogP contribution in [0.15, 0.2) is 34.1 Å². The number of nitrogens with one attached hydrogen (secondary N) is 1. The molecule has 0 aliphatic carbocycles. The minimum absolute atomic E-state index is 0.0544. The minimum Gasteiger partial charge on any atom is -0.459 e. The molecule has 0 unspecified atom stereocenters. The van der Waals surface area contributed by atoms with Gasteiger partial charge in [0.15, 0.2) is 11.7 Å². The van der Waals surface area contributed by atoms with E-state index in [1.165, 1.54) is 6.26 Å². The van der Waals surface area contributed by atoms with Gasteiger partial charge in [-0.25, -0.2) is 0 Å². The summed E-state index contributed by atoms with van der Waals surface area (Å²) in [5.41, 5.74) is 0. The van der Waals surface area contributed by atoms with Gasteiger partial charge >= 0.3 is 0 Å². The molecular formula is C18H27N7O2. The molecule has 1 fully saturated rings. The monoisotopic (exact) mass is 373 g/mol. The molecule has 27 heavy (non-hydrogen) atoms. The normalized spacial score (nSPS) is 15.3. The van der Waals surface area contributed by atoms with Crippen LogP contribution in [0.3, 0.4) is 0 Å². The highest BCUT2D eigenvalue weighted by atomic mass is 16.3. The van der Waals surface area contributed by atoms with Crippen molar-refractivity contribution in [3.05, 3.63) is 36.3 Å². The van der Waals surface area contributed by atoms with Crippen molar-refractivity contribution in [2.75, 3.05) is 39.3 Å². The lowest BCUT2D eigenvalue weighted by Crippen LogP contribution is -2.53. The number of aryl methyl sites for hydroxylation is 1. The predicted molar refractivity (Wildman–Crippen MR) is 102 cm³/mol. The smallest absolute Gasteiger partial charge is 0.289 e. The Morgan fingerprint density at radius 3 is 2.70 bits per heavy atom. The lowest BCUT2D eigenvalue weighted by molar-refractivity contribution is 0.0657. The van der Waals surface area contributed by atoms with Crippen LogP contribution in [0.25, 0.3) is 0 Å². The van der Waals surface area contributed by atoms with Crippen molar-refractivity contribution in [1.29, 1.82) is 0 Å². The number of nitrogens with zero attached hydrogens (tertiary/aromatic N) is 6. The number of hydrogen-bond donors (Lipinski definition) is 1. The molecule has 9 nitrogen and oxygen atoms in total. The van der Waals surface area contributed by atoms with Crippen molar-refractivity contribution in [2.24, 2.45) is 4.99 Å². The molecule has 1 aliphatic rings. The van der Waals surface area contributed by atoms with Crippen LogP contribution in [-0.4, -0.2) is 75.7 Å². The molecule has 146 valence electrons. The van der Waals surface area contributed by atoms with E-state index in [2.05, 4.69) is 34.3 Å². The van der Waals surface area contributed by atoms with Gasteiger partial charge in [-0.2, -0.15) is 0 Å². The van der Waals surface area contributed by atoms with E-state index in [-0.39, 0.29) is 5.91 Å². The summed E-state index contributed by atoms with van der Waals surface area (Å²) in [5.74, 6) is 2.19. The topological polar surface area (TPSA) is 91.8 Å². The predicted octanol–water partition coefficient (Wildman–Crippen LogP) is 0.857. The highest BCUT2D eigenvalue weighted by molar-refractivity contribution is 5.91. The number of aromatic nitrogens is 3. The Balaban J connectivity index is 1.55. The van der Waals surface area contributed by atoms with Crippen LogP contribution in [0.5, 0.6) is 0 Å². The van der Waals surface area contributed by atoms with Crippen LogP contribution in [0, 0.1) is 0 Å². The van der Waals surface area contributed by atoms with E-state index in [0.717, 1.165) is 44.4 Å². The second kappa shape index (κ2) is 9.20. The number of furan rings is 1. The first-order valence-electron chi connectivity index (χ1n) is 9.45. The Morgan fingerprint density at radius 1 is 1.26 bits per heavy atom. The van der Waals surface area contributed by atoms with Crippen LogP contribution >= 0.6 is 0 Å². The average molecular weight is 373 g/mol. The van der Waals surface area contributed by atoms with E-state index >= 15 is 0 Å². The lowest BCUT2D eigenvalue weighted by atomic mass is 10.3. The average Bonchev–Trinajstić information content (AvgIpc) is 3.39. The largest absolute Gasteiger partial charge is 0.459 e. The van der Waals surface area contributed by atoms with Crippen LogP contribution < -0.4 is 5.32 Å². The number of aliphatic imine (C=N–C) groups is 1. The van der Waals surface area contributed by atoms with Gasteiger partial charge in [-0.3, -0.25) is 9.79 Å². The van der Waals surface area contributed by atoms with Crippen LogP contribution in [0.4, 0.5) is 0 Å². The van der Waals surface area contributed by atoms with E-state index in [0.29, 0.717) is 25.4 Å². The maximum absolute atomic E-state index is 12.4. The van der Waals surface area contributed by atoms with Crippen molar-refractivity contribution in [2.45, 2.75) is 26.8 Å². The molecule has 1 aliphatic heterocycles. The molecule has 1 N–H and O–H groups in total. The van der Waals surface area contributed by atoms with Gasteiger partial charge in [0.1, 0.15) is 12.2 Å². The summed E-state index contributed by atoms with van der Waals surface area (Å²) >= 11 is 0. The molecular weight excluding hydrogens is 346 g/mol. The SMILES string of the molecule is CCNC(=NCCn1cnnc1CC)N1CCN(C(=O)c2ccco2)CC1. The number of guanidine groups is 1. The van der Waals surface area contributed by atoms with E-state index < -0.39 is 0 Å². The van der Waals surface area contributed by atoms with Gasteiger partial charge in [-0.15, -0.1) is 10.2 Å². The summed E-state index contributed by atoms with van der Waals surface area (Å²) in [6, 6.07) is 3.44. The molecule has 2 aromatic rings. The summed E-state index contributed by atoms with van der Waals surface area (Å²) < 4.78 is 7.25. The van der Waals surface area contributed by atoms with Crippen molar-refractivity contribution in [3.8, 4) is 0 Å². The Hall–Kier alpha value is -2.84. The van der Waals surface area contributed by atoms with Gasteiger partial charge < -0.3 is 24.1 Å². The number of amides is 1. The van der Waals surface area contributed by atoms with E-state index in [1.54, 1.807) is 18.5 Å². The maximum Gasteiger partial charge on any atom is 0.289 e. The summed E-state index contributed by atoms with van der Waals surface area (Å²) in [7, 11) is 0. The zero-order valence-electron chi connectivity index (χ0n) is 16.0.